The van der Waals surface area contributed by atoms with Gasteiger partial charge in [-0.15, -0.1) is 0 Å². The fraction of sp³-hybridized carbons (Fsp3) is 0.962. The highest BCUT2D eigenvalue weighted by Crippen LogP contribution is 2.38. The molecule has 5 fully saturated rings. The number of piperidine rings is 1. The van der Waals surface area contributed by atoms with Gasteiger partial charge in [-0.3, -0.25) is 31.6 Å². The molecule has 38 heavy (non-hydrogen) atoms. The third-order valence-electron chi connectivity index (χ3n) is 9.81. The molecule has 7 unspecified atom stereocenters. The molecule has 4 aliphatic heterocycles. The van der Waals surface area contributed by atoms with Crippen LogP contribution in [0.1, 0.15) is 52.4 Å². The van der Waals surface area contributed by atoms with E-state index in [9.17, 15) is 13.2 Å². The van der Waals surface area contributed by atoms with E-state index in [1.807, 2.05) is 25.8 Å². The van der Waals surface area contributed by atoms with Gasteiger partial charge in [-0.05, 0) is 70.8 Å². The predicted molar refractivity (Wildman–Crippen MR) is 140 cm³/mol. The van der Waals surface area contributed by atoms with E-state index in [-0.39, 0.29) is 49.3 Å². The minimum absolute atomic E-state index is 0.0131. The molecule has 0 aromatic rings. The molecule has 0 radical (unpaired) electrons. The summed E-state index contributed by atoms with van der Waals surface area (Å²) in [4.78, 5) is 6.31. The van der Waals surface area contributed by atoms with Gasteiger partial charge < -0.3 is 14.5 Å². The summed E-state index contributed by atoms with van der Waals surface area (Å²) in [7, 11) is 3.76. The van der Waals surface area contributed by atoms with Gasteiger partial charge in [-0.1, -0.05) is 0 Å². The fourth-order valence-electron chi connectivity index (χ4n) is 7.59. The Balaban J connectivity index is 1.19. The number of halogens is 3. The van der Waals surface area contributed by atoms with E-state index in [4.69, 9.17) is 10.1 Å². The second-order valence-corrected chi connectivity index (χ2v) is 12.3. The Kier molecular flexibility index (Phi) is 8.48. The zero-order valence-electron chi connectivity index (χ0n) is 23.2. The summed E-state index contributed by atoms with van der Waals surface area (Å²) in [6.45, 7) is 6.61. The molecular formula is C26H47F3N8O. The summed E-state index contributed by atoms with van der Waals surface area (Å²) in [5, 5.41) is 22.8. The van der Waals surface area contributed by atoms with Gasteiger partial charge in [0.2, 0.25) is 0 Å². The number of ether oxygens (including phenoxy) is 1. The third kappa shape index (κ3) is 5.54. The number of methoxy groups -OCH3 is 1. The number of hydrogen-bond acceptors (Lipinski definition) is 7. The Morgan fingerprint density at radius 2 is 1.79 bits per heavy atom. The van der Waals surface area contributed by atoms with Gasteiger partial charge in [0.1, 0.15) is 18.4 Å². The van der Waals surface area contributed by atoms with Crippen LogP contribution >= 0.6 is 0 Å². The maximum atomic E-state index is 13.5. The number of rotatable bonds is 6. The lowest BCUT2D eigenvalue weighted by Crippen LogP contribution is -2.69. The van der Waals surface area contributed by atoms with Gasteiger partial charge in [-0.25, -0.2) is 0 Å². The minimum Gasteiger partial charge on any atom is -0.366 e. The van der Waals surface area contributed by atoms with Crippen LogP contribution in [-0.4, -0.2) is 110 Å². The lowest BCUT2D eigenvalue weighted by atomic mass is 9.80. The molecule has 0 amide bonds. The standard InChI is InChI=1S/C26H47F3N8O/c1-15(2)36-14-20(26(27,28)29)33-22(36)17-9-7-16(8-10-17)13-37-23-19(35(3)25(37)30)12-32-21(34-23)18-6-5-11-31-24(18)38-4/h15-24,30-34H,5-14H2,1-4H3. The molecule has 7 atom stereocenters. The molecular weight excluding hydrogens is 497 g/mol. The second-order valence-electron chi connectivity index (χ2n) is 12.3. The molecule has 0 spiro atoms. The molecule has 4 heterocycles. The van der Waals surface area contributed by atoms with Crippen LogP contribution in [0, 0.1) is 23.2 Å². The first-order chi connectivity index (χ1) is 18.1. The lowest BCUT2D eigenvalue weighted by Gasteiger charge is -2.45. The molecule has 5 rings (SSSR count). The molecule has 218 valence electrons. The quantitative estimate of drug-likeness (QED) is 0.346. The summed E-state index contributed by atoms with van der Waals surface area (Å²) in [5.41, 5.74) is 0. The van der Waals surface area contributed by atoms with Crippen LogP contribution in [0.15, 0.2) is 0 Å². The number of fused-ring (bicyclic) bond motifs is 1. The summed E-state index contributed by atoms with van der Waals surface area (Å²) in [6.07, 6.45) is 1.77. The first-order valence-corrected chi connectivity index (χ1v) is 14.5. The van der Waals surface area contributed by atoms with Crippen LogP contribution in [-0.2, 0) is 4.74 Å². The largest absolute Gasteiger partial charge is 0.405 e. The Bertz CT molecular complexity index is 823. The van der Waals surface area contributed by atoms with E-state index in [0.717, 1.165) is 58.2 Å². The number of nitrogens with one attached hydrogen (secondary N) is 5. The highest BCUT2D eigenvalue weighted by Gasteiger charge is 2.51. The van der Waals surface area contributed by atoms with E-state index in [2.05, 4.69) is 31.1 Å². The van der Waals surface area contributed by atoms with Crippen LogP contribution in [0.5, 0.6) is 0 Å². The molecule has 9 nitrogen and oxygen atoms in total. The average molecular weight is 545 g/mol. The van der Waals surface area contributed by atoms with Gasteiger partial charge in [0.05, 0.1) is 18.4 Å². The Morgan fingerprint density at radius 3 is 2.45 bits per heavy atom. The van der Waals surface area contributed by atoms with E-state index in [1.165, 1.54) is 0 Å². The van der Waals surface area contributed by atoms with Crippen LogP contribution in [0.2, 0.25) is 0 Å². The van der Waals surface area contributed by atoms with Crippen molar-refractivity contribution in [3.63, 3.8) is 0 Å². The molecule has 1 saturated carbocycles. The Morgan fingerprint density at radius 1 is 1.05 bits per heavy atom. The molecule has 4 saturated heterocycles. The van der Waals surface area contributed by atoms with Gasteiger partial charge in [0, 0.05) is 45.8 Å². The number of likely N-dealkylation sites (N-methyl/N-ethyl adjacent to an activating group) is 1. The average Bonchev–Trinajstić information content (AvgIpc) is 3.46. The number of guanidine groups is 1. The van der Waals surface area contributed by atoms with Crippen molar-refractivity contribution >= 4 is 5.96 Å². The van der Waals surface area contributed by atoms with Crippen molar-refractivity contribution in [3.8, 4) is 0 Å². The first-order valence-electron chi connectivity index (χ1n) is 14.5. The second kappa shape index (κ2) is 11.4. The summed E-state index contributed by atoms with van der Waals surface area (Å²) < 4.78 is 46.2. The highest BCUT2D eigenvalue weighted by molar-refractivity contribution is 5.80. The molecule has 0 aromatic carbocycles. The van der Waals surface area contributed by atoms with Crippen molar-refractivity contribution in [1.29, 1.82) is 5.41 Å². The molecule has 5 aliphatic rings. The number of hydrogen-bond donors (Lipinski definition) is 5. The summed E-state index contributed by atoms with van der Waals surface area (Å²) in [5.74, 6) is 1.53. The van der Waals surface area contributed by atoms with Gasteiger partial charge >= 0.3 is 6.18 Å². The molecule has 1 aliphatic carbocycles. The number of nitrogens with zero attached hydrogens (tertiary/aromatic N) is 3. The third-order valence-corrected chi connectivity index (χ3v) is 9.81. The van der Waals surface area contributed by atoms with Gasteiger partial charge in [0.15, 0.2) is 5.96 Å². The molecule has 0 aromatic heterocycles. The summed E-state index contributed by atoms with van der Waals surface area (Å²) in [6, 6.07) is -1.18. The van der Waals surface area contributed by atoms with Gasteiger partial charge in [0.25, 0.3) is 0 Å². The maximum Gasteiger partial charge on any atom is 0.405 e. The molecule has 12 heteroatoms. The van der Waals surface area contributed by atoms with Crippen LogP contribution in [0.3, 0.4) is 0 Å². The van der Waals surface area contributed by atoms with Crippen molar-refractivity contribution in [2.45, 2.75) is 101 Å². The van der Waals surface area contributed by atoms with Crippen LogP contribution in [0.4, 0.5) is 13.2 Å². The Hall–Kier alpha value is -1.18. The number of alkyl halides is 3. The highest BCUT2D eigenvalue weighted by atomic mass is 19.4. The van der Waals surface area contributed by atoms with Gasteiger partial charge in [-0.2, -0.15) is 13.2 Å². The fourth-order valence-corrected chi connectivity index (χ4v) is 7.59. The smallest absolute Gasteiger partial charge is 0.366 e. The van der Waals surface area contributed by atoms with Crippen LogP contribution in [0.25, 0.3) is 0 Å². The first kappa shape index (κ1) is 28.4. The van der Waals surface area contributed by atoms with E-state index in [1.54, 1.807) is 7.11 Å². The van der Waals surface area contributed by atoms with Crippen molar-refractivity contribution in [2.75, 3.05) is 40.3 Å². The van der Waals surface area contributed by atoms with E-state index >= 15 is 0 Å². The van der Waals surface area contributed by atoms with Crippen molar-refractivity contribution in [3.05, 3.63) is 0 Å². The summed E-state index contributed by atoms with van der Waals surface area (Å²) >= 11 is 0. The van der Waals surface area contributed by atoms with Crippen LogP contribution < -0.4 is 21.3 Å². The minimum atomic E-state index is -4.21. The van der Waals surface area contributed by atoms with E-state index in [0.29, 0.717) is 17.8 Å². The molecule has 0 bridgehead atoms. The van der Waals surface area contributed by atoms with Crippen molar-refractivity contribution < 1.29 is 17.9 Å². The predicted octanol–water partition coefficient (Wildman–Crippen LogP) is 1.73. The SMILES string of the molecule is COC1NCCCC1C1NCC2C(N1)N(CC1CCC(C3NC(C(F)(F)F)CN3C(C)C)CC1)C(=N)N2C. The zero-order valence-corrected chi connectivity index (χ0v) is 23.2. The zero-order chi connectivity index (χ0) is 27.2. The topological polar surface area (TPSA) is 90.9 Å². The van der Waals surface area contributed by atoms with E-state index < -0.39 is 12.2 Å². The lowest BCUT2D eigenvalue weighted by molar-refractivity contribution is -0.151. The molecule has 5 N–H and O–H groups in total. The monoisotopic (exact) mass is 544 g/mol. The van der Waals surface area contributed by atoms with Crippen molar-refractivity contribution in [1.82, 2.24) is 36.0 Å². The van der Waals surface area contributed by atoms with Crippen molar-refractivity contribution in [2.24, 2.45) is 17.8 Å². The maximum absolute atomic E-state index is 13.5. The Labute approximate surface area is 225 Å². The normalized spacial score (nSPS) is 41.3.